The van der Waals surface area contributed by atoms with E-state index in [1.807, 2.05) is 16.5 Å². The van der Waals surface area contributed by atoms with Gasteiger partial charge in [-0.3, -0.25) is 4.40 Å². The number of methoxy groups -OCH3 is 1. The normalized spacial score (nSPS) is 16.2. The summed E-state index contributed by atoms with van der Waals surface area (Å²) in [4.78, 5) is 15.8. The second-order valence-corrected chi connectivity index (χ2v) is 8.72. The van der Waals surface area contributed by atoms with Gasteiger partial charge in [0.15, 0.2) is 5.82 Å². The summed E-state index contributed by atoms with van der Waals surface area (Å²) in [5.41, 5.74) is 3.53. The van der Waals surface area contributed by atoms with Gasteiger partial charge in [0, 0.05) is 42.2 Å². The molecule has 1 fully saturated rings. The first-order valence-corrected chi connectivity index (χ1v) is 11.5. The molecule has 0 bridgehead atoms. The lowest BCUT2D eigenvalue weighted by molar-refractivity contribution is 0.148. The van der Waals surface area contributed by atoms with Gasteiger partial charge in [0.25, 0.3) is 5.88 Å². The number of ether oxygens (including phenoxy) is 2. The molecule has 0 radical (unpaired) electrons. The van der Waals surface area contributed by atoms with E-state index in [-0.39, 0.29) is 5.88 Å². The summed E-state index contributed by atoms with van der Waals surface area (Å²) in [6, 6.07) is 10.6. The Morgan fingerprint density at radius 3 is 2.71 bits per heavy atom. The average Bonchev–Trinajstić information content (AvgIpc) is 3.37. The lowest BCUT2D eigenvalue weighted by Gasteiger charge is -2.29. The smallest absolute Gasteiger partial charge is 0.259 e. The van der Waals surface area contributed by atoms with Crippen molar-refractivity contribution in [2.75, 3.05) is 33.9 Å². The number of fused-ring (bicyclic) bond motifs is 1. The SMILES string of the molecule is COc1ncc(-c2c(-c3ccc(C#N)cc3)nc(OC[C@@H]3CCCN(C)C3)c3nccn23)cc1F. The third-order valence-corrected chi connectivity index (χ3v) is 6.25. The highest BCUT2D eigenvalue weighted by Crippen LogP contribution is 2.35. The van der Waals surface area contributed by atoms with Crippen LogP contribution in [0.3, 0.4) is 0 Å². The minimum absolute atomic E-state index is 0.0825. The van der Waals surface area contributed by atoms with Gasteiger partial charge in [0.1, 0.15) is 0 Å². The van der Waals surface area contributed by atoms with E-state index in [4.69, 9.17) is 14.5 Å². The predicted molar refractivity (Wildman–Crippen MR) is 129 cm³/mol. The van der Waals surface area contributed by atoms with E-state index >= 15 is 0 Å². The second kappa shape index (κ2) is 9.68. The molecule has 5 rings (SSSR count). The van der Waals surface area contributed by atoms with Crippen molar-refractivity contribution in [2.24, 2.45) is 5.92 Å². The lowest BCUT2D eigenvalue weighted by atomic mass is 10.00. The van der Waals surface area contributed by atoms with Crippen LogP contribution in [0.4, 0.5) is 4.39 Å². The number of hydrogen-bond donors (Lipinski definition) is 0. The van der Waals surface area contributed by atoms with Crippen LogP contribution in [0.25, 0.3) is 28.2 Å². The maximum absolute atomic E-state index is 14.6. The molecule has 0 unspecified atom stereocenters. The number of halogens is 1. The van der Waals surface area contributed by atoms with Crippen molar-refractivity contribution in [1.82, 2.24) is 24.3 Å². The fraction of sp³-hybridized carbons (Fsp3) is 0.308. The maximum atomic E-state index is 14.6. The molecule has 1 aliphatic heterocycles. The Labute approximate surface area is 202 Å². The molecule has 1 aliphatic rings. The van der Waals surface area contributed by atoms with Gasteiger partial charge in [-0.1, -0.05) is 12.1 Å². The minimum atomic E-state index is -0.578. The Morgan fingerprint density at radius 1 is 1.17 bits per heavy atom. The molecule has 9 heteroatoms. The van der Waals surface area contributed by atoms with E-state index in [0.29, 0.717) is 46.6 Å². The summed E-state index contributed by atoms with van der Waals surface area (Å²) in [7, 11) is 3.50. The van der Waals surface area contributed by atoms with Crippen LogP contribution in [0, 0.1) is 23.1 Å². The average molecular weight is 473 g/mol. The number of hydrogen-bond acceptors (Lipinski definition) is 7. The van der Waals surface area contributed by atoms with Crippen molar-refractivity contribution in [1.29, 1.82) is 5.26 Å². The highest BCUT2D eigenvalue weighted by Gasteiger charge is 2.23. The van der Waals surface area contributed by atoms with Crippen molar-refractivity contribution in [3.8, 4) is 40.3 Å². The van der Waals surface area contributed by atoms with E-state index in [2.05, 4.69) is 28.0 Å². The number of likely N-dealkylation sites (tertiary alicyclic amines) is 1. The Balaban J connectivity index is 1.63. The van der Waals surface area contributed by atoms with Gasteiger partial charge >= 0.3 is 0 Å². The van der Waals surface area contributed by atoms with Crippen LogP contribution in [0.15, 0.2) is 48.9 Å². The molecular weight excluding hydrogens is 447 g/mol. The first-order valence-electron chi connectivity index (χ1n) is 11.5. The molecule has 0 saturated carbocycles. The van der Waals surface area contributed by atoms with Gasteiger partial charge in [-0.2, -0.15) is 5.26 Å². The van der Waals surface area contributed by atoms with Gasteiger partial charge in [0.05, 0.1) is 36.7 Å². The first kappa shape index (κ1) is 22.7. The van der Waals surface area contributed by atoms with Crippen molar-refractivity contribution >= 4 is 5.65 Å². The molecule has 35 heavy (non-hydrogen) atoms. The van der Waals surface area contributed by atoms with Gasteiger partial charge in [-0.15, -0.1) is 0 Å². The number of piperidine rings is 1. The molecule has 0 N–H and O–H groups in total. The molecular formula is C26H25FN6O2. The number of nitriles is 1. The van der Waals surface area contributed by atoms with E-state index in [9.17, 15) is 9.65 Å². The zero-order valence-electron chi connectivity index (χ0n) is 19.6. The molecule has 4 heterocycles. The molecule has 8 nitrogen and oxygen atoms in total. The predicted octanol–water partition coefficient (Wildman–Crippen LogP) is 4.20. The quantitative estimate of drug-likeness (QED) is 0.416. The van der Waals surface area contributed by atoms with Gasteiger partial charge in [-0.05, 0) is 44.6 Å². The summed E-state index contributed by atoms with van der Waals surface area (Å²) in [6.45, 7) is 2.61. The minimum Gasteiger partial charge on any atom is -0.479 e. The van der Waals surface area contributed by atoms with Gasteiger partial charge < -0.3 is 14.4 Å². The zero-order chi connectivity index (χ0) is 24.4. The maximum Gasteiger partial charge on any atom is 0.259 e. The molecule has 1 saturated heterocycles. The van der Waals surface area contributed by atoms with Crippen LogP contribution in [-0.4, -0.2) is 58.1 Å². The molecule has 0 aliphatic carbocycles. The summed E-state index contributed by atoms with van der Waals surface area (Å²) < 4.78 is 27.7. The topological polar surface area (TPSA) is 88.6 Å². The lowest BCUT2D eigenvalue weighted by Crippen LogP contribution is -2.34. The largest absolute Gasteiger partial charge is 0.479 e. The van der Waals surface area contributed by atoms with Crippen LogP contribution >= 0.6 is 0 Å². The van der Waals surface area contributed by atoms with Crippen molar-refractivity contribution in [3.63, 3.8) is 0 Å². The van der Waals surface area contributed by atoms with E-state index in [1.54, 1.807) is 30.7 Å². The van der Waals surface area contributed by atoms with Crippen LogP contribution in [-0.2, 0) is 0 Å². The zero-order valence-corrected chi connectivity index (χ0v) is 19.6. The molecule has 178 valence electrons. The van der Waals surface area contributed by atoms with Crippen LogP contribution < -0.4 is 9.47 Å². The number of pyridine rings is 1. The van der Waals surface area contributed by atoms with Crippen molar-refractivity contribution in [3.05, 3.63) is 60.3 Å². The van der Waals surface area contributed by atoms with Crippen LogP contribution in [0.2, 0.25) is 0 Å². The standard InChI is InChI=1S/C26H25FN6O2/c1-32-10-3-4-18(15-32)16-35-26-24-29-9-11-33(24)23(20-12-21(27)25(34-2)30-14-20)22(31-26)19-7-5-17(13-28)6-8-19/h5-9,11-12,14,18H,3-4,10,15-16H2,1-2H3/t18-/m1/s1. The third kappa shape index (κ3) is 4.53. The molecule has 1 atom stereocenters. The van der Waals surface area contributed by atoms with Crippen LogP contribution in [0.1, 0.15) is 18.4 Å². The van der Waals surface area contributed by atoms with Crippen molar-refractivity contribution in [2.45, 2.75) is 12.8 Å². The fourth-order valence-corrected chi connectivity index (χ4v) is 4.55. The summed E-state index contributed by atoms with van der Waals surface area (Å²) >= 11 is 0. The number of imidazole rings is 1. The molecule has 3 aromatic heterocycles. The third-order valence-electron chi connectivity index (χ3n) is 6.25. The Kier molecular flexibility index (Phi) is 6.29. The van der Waals surface area contributed by atoms with Gasteiger partial charge in [-0.25, -0.2) is 19.3 Å². The number of benzene rings is 1. The monoisotopic (exact) mass is 472 g/mol. The number of nitrogens with zero attached hydrogens (tertiary/aromatic N) is 6. The highest BCUT2D eigenvalue weighted by molar-refractivity contribution is 5.81. The van der Waals surface area contributed by atoms with E-state index < -0.39 is 5.82 Å². The highest BCUT2D eigenvalue weighted by atomic mass is 19.1. The summed E-state index contributed by atoms with van der Waals surface area (Å²) in [5.74, 6) is 0.156. The second-order valence-electron chi connectivity index (χ2n) is 8.72. The fourth-order valence-electron chi connectivity index (χ4n) is 4.55. The Hall–Kier alpha value is -4.03. The summed E-state index contributed by atoms with van der Waals surface area (Å²) in [5, 5.41) is 9.22. The Bertz CT molecular complexity index is 1400. The molecule has 4 aromatic rings. The van der Waals surface area contributed by atoms with E-state index in [1.165, 1.54) is 13.2 Å². The number of rotatable bonds is 6. The molecule has 1 aromatic carbocycles. The van der Waals surface area contributed by atoms with Crippen molar-refractivity contribution < 1.29 is 13.9 Å². The van der Waals surface area contributed by atoms with Crippen LogP contribution in [0.5, 0.6) is 11.8 Å². The Morgan fingerprint density at radius 2 is 2.00 bits per heavy atom. The molecule has 0 amide bonds. The first-order chi connectivity index (χ1) is 17.1. The molecule has 0 spiro atoms. The van der Waals surface area contributed by atoms with E-state index in [0.717, 1.165) is 31.5 Å². The number of aromatic nitrogens is 4. The van der Waals surface area contributed by atoms with Gasteiger partial charge in [0.2, 0.25) is 11.5 Å². The summed E-state index contributed by atoms with van der Waals surface area (Å²) in [6.07, 6.45) is 7.25.